The van der Waals surface area contributed by atoms with Crippen molar-refractivity contribution in [2.24, 2.45) is 0 Å². The number of amides is 1. The molecule has 1 amide bonds. The lowest BCUT2D eigenvalue weighted by Gasteiger charge is -2.16. The molecule has 19 heavy (non-hydrogen) atoms. The second kappa shape index (κ2) is 5.88. The summed E-state index contributed by atoms with van der Waals surface area (Å²) in [6, 6.07) is 10.0. The average molecular weight is 338 g/mol. The van der Waals surface area contributed by atoms with Crippen molar-refractivity contribution in [1.29, 1.82) is 0 Å². The Hall–Kier alpha value is -1.13. The van der Waals surface area contributed by atoms with Crippen LogP contribution in [0.5, 0.6) is 0 Å². The highest BCUT2D eigenvalue weighted by atomic mass is 79.9. The van der Waals surface area contributed by atoms with Gasteiger partial charge in [0.05, 0.1) is 14.7 Å². The lowest BCUT2D eigenvalue weighted by atomic mass is 10.00. The van der Waals surface area contributed by atoms with Gasteiger partial charge in [0.2, 0.25) is 0 Å². The maximum atomic E-state index is 12.1. The van der Waals surface area contributed by atoms with Crippen molar-refractivity contribution in [3.05, 3.63) is 55.7 Å². The van der Waals surface area contributed by atoms with Crippen molar-refractivity contribution in [2.45, 2.75) is 26.8 Å². The van der Waals surface area contributed by atoms with Crippen LogP contribution in [0, 0.1) is 13.8 Å². The molecule has 1 heterocycles. The Bertz CT molecular complexity index is 606. The number of aryl methyl sites for hydroxylation is 2. The van der Waals surface area contributed by atoms with E-state index in [0.29, 0.717) is 0 Å². The molecule has 0 saturated heterocycles. The number of carbonyl (C=O) groups is 1. The van der Waals surface area contributed by atoms with Crippen LogP contribution in [0.2, 0.25) is 0 Å². The maximum Gasteiger partial charge on any atom is 0.261 e. The van der Waals surface area contributed by atoms with Crippen molar-refractivity contribution in [3.8, 4) is 0 Å². The van der Waals surface area contributed by atoms with Crippen molar-refractivity contribution < 1.29 is 4.79 Å². The van der Waals surface area contributed by atoms with Crippen molar-refractivity contribution in [1.82, 2.24) is 5.32 Å². The quantitative estimate of drug-likeness (QED) is 0.869. The summed E-state index contributed by atoms with van der Waals surface area (Å²) in [5.41, 5.74) is 3.58. The molecule has 100 valence electrons. The predicted molar refractivity (Wildman–Crippen MR) is 83.8 cm³/mol. The highest BCUT2D eigenvalue weighted by Gasteiger charge is 2.14. The van der Waals surface area contributed by atoms with Gasteiger partial charge in [-0.05, 0) is 60.0 Å². The average Bonchev–Trinajstić information content (AvgIpc) is 2.79. The minimum atomic E-state index is -0.0240. The van der Waals surface area contributed by atoms with Crippen LogP contribution >= 0.6 is 27.3 Å². The zero-order chi connectivity index (χ0) is 14.0. The zero-order valence-corrected chi connectivity index (χ0v) is 13.6. The van der Waals surface area contributed by atoms with Crippen LogP contribution < -0.4 is 5.32 Å². The van der Waals surface area contributed by atoms with Gasteiger partial charge in [0, 0.05) is 0 Å². The molecule has 2 aromatic rings. The molecule has 2 rings (SSSR count). The molecular formula is C15H16BrNOS. The fourth-order valence-corrected chi connectivity index (χ4v) is 3.30. The number of halogens is 1. The maximum absolute atomic E-state index is 12.1. The molecule has 0 spiro atoms. The van der Waals surface area contributed by atoms with E-state index in [0.717, 1.165) is 8.66 Å². The Morgan fingerprint density at radius 3 is 2.63 bits per heavy atom. The van der Waals surface area contributed by atoms with Gasteiger partial charge in [-0.15, -0.1) is 11.3 Å². The molecule has 0 saturated carbocycles. The van der Waals surface area contributed by atoms with E-state index >= 15 is 0 Å². The van der Waals surface area contributed by atoms with Crippen LogP contribution in [0.4, 0.5) is 0 Å². The van der Waals surface area contributed by atoms with Gasteiger partial charge in [0.15, 0.2) is 0 Å². The van der Waals surface area contributed by atoms with E-state index in [-0.39, 0.29) is 11.9 Å². The van der Waals surface area contributed by atoms with Gasteiger partial charge >= 0.3 is 0 Å². The third kappa shape index (κ3) is 3.45. The van der Waals surface area contributed by atoms with Gasteiger partial charge in [-0.2, -0.15) is 0 Å². The Labute approximate surface area is 126 Å². The van der Waals surface area contributed by atoms with E-state index in [4.69, 9.17) is 0 Å². The molecule has 1 unspecified atom stereocenters. The van der Waals surface area contributed by atoms with E-state index in [1.807, 2.05) is 19.1 Å². The number of thiophene rings is 1. The van der Waals surface area contributed by atoms with Gasteiger partial charge in [0.1, 0.15) is 0 Å². The molecule has 1 N–H and O–H groups in total. The minimum absolute atomic E-state index is 0.00766. The zero-order valence-electron chi connectivity index (χ0n) is 11.2. The Morgan fingerprint density at radius 2 is 2.00 bits per heavy atom. The number of hydrogen-bond acceptors (Lipinski definition) is 2. The SMILES string of the molecule is Cc1ccc(C)c(C(C)NC(=O)c2ccc(Br)s2)c1. The lowest BCUT2D eigenvalue weighted by Crippen LogP contribution is -2.26. The largest absolute Gasteiger partial charge is 0.345 e. The predicted octanol–water partition coefficient (Wildman–Crippen LogP) is 4.62. The van der Waals surface area contributed by atoms with Gasteiger partial charge in [-0.1, -0.05) is 23.8 Å². The van der Waals surface area contributed by atoms with Crippen LogP contribution in [-0.4, -0.2) is 5.91 Å². The summed E-state index contributed by atoms with van der Waals surface area (Å²) < 4.78 is 0.969. The molecule has 0 radical (unpaired) electrons. The van der Waals surface area contributed by atoms with Gasteiger partial charge in [-0.25, -0.2) is 0 Å². The van der Waals surface area contributed by atoms with Gasteiger partial charge in [0.25, 0.3) is 5.91 Å². The second-order valence-corrected chi connectivity index (χ2v) is 7.12. The topological polar surface area (TPSA) is 29.1 Å². The normalized spacial score (nSPS) is 12.2. The first-order valence-electron chi connectivity index (χ1n) is 6.10. The third-order valence-corrected chi connectivity index (χ3v) is 4.67. The summed E-state index contributed by atoms with van der Waals surface area (Å²) in [7, 11) is 0. The number of benzene rings is 1. The molecular weight excluding hydrogens is 322 g/mol. The summed E-state index contributed by atoms with van der Waals surface area (Å²) in [5.74, 6) is -0.0240. The first-order chi connectivity index (χ1) is 8.97. The molecule has 0 aliphatic heterocycles. The van der Waals surface area contributed by atoms with Crippen LogP contribution in [0.1, 0.15) is 39.3 Å². The second-order valence-electron chi connectivity index (χ2n) is 4.66. The standard InChI is InChI=1S/C15H16BrNOS/c1-9-4-5-10(2)12(8-9)11(3)17-15(18)13-6-7-14(16)19-13/h4-8,11H,1-3H3,(H,17,18). The van der Waals surface area contributed by atoms with Crippen molar-refractivity contribution in [3.63, 3.8) is 0 Å². The molecule has 1 atom stereocenters. The van der Waals surface area contributed by atoms with E-state index in [1.54, 1.807) is 0 Å². The van der Waals surface area contributed by atoms with Crippen LogP contribution in [0.25, 0.3) is 0 Å². The smallest absolute Gasteiger partial charge is 0.261 e. The monoisotopic (exact) mass is 337 g/mol. The van der Waals surface area contributed by atoms with Gasteiger partial charge in [-0.3, -0.25) is 4.79 Å². The molecule has 1 aromatic carbocycles. The Morgan fingerprint density at radius 1 is 1.26 bits per heavy atom. The highest BCUT2D eigenvalue weighted by Crippen LogP contribution is 2.24. The number of rotatable bonds is 3. The first-order valence-corrected chi connectivity index (χ1v) is 7.71. The van der Waals surface area contributed by atoms with Crippen LogP contribution in [0.3, 0.4) is 0 Å². The molecule has 0 aliphatic carbocycles. The Kier molecular flexibility index (Phi) is 4.42. The molecule has 0 fully saturated rings. The van der Waals surface area contributed by atoms with Crippen molar-refractivity contribution in [2.75, 3.05) is 0 Å². The first kappa shape index (κ1) is 14.3. The Balaban J connectivity index is 2.14. The number of nitrogens with one attached hydrogen (secondary N) is 1. The fraction of sp³-hybridized carbons (Fsp3) is 0.267. The minimum Gasteiger partial charge on any atom is -0.345 e. The summed E-state index contributed by atoms with van der Waals surface area (Å²) >= 11 is 4.82. The number of hydrogen-bond donors (Lipinski definition) is 1. The van der Waals surface area contributed by atoms with E-state index in [1.165, 1.54) is 28.0 Å². The fourth-order valence-electron chi connectivity index (χ4n) is 2.01. The molecule has 4 heteroatoms. The summed E-state index contributed by atoms with van der Waals surface area (Å²) in [6.45, 7) is 6.15. The third-order valence-electron chi connectivity index (χ3n) is 3.05. The molecule has 1 aromatic heterocycles. The lowest BCUT2D eigenvalue weighted by molar-refractivity contribution is 0.0944. The van der Waals surface area contributed by atoms with E-state index in [2.05, 4.69) is 53.3 Å². The number of carbonyl (C=O) groups excluding carboxylic acids is 1. The molecule has 0 bridgehead atoms. The summed E-state index contributed by atoms with van der Waals surface area (Å²) in [6.07, 6.45) is 0. The molecule has 2 nitrogen and oxygen atoms in total. The summed E-state index contributed by atoms with van der Waals surface area (Å²) in [4.78, 5) is 12.8. The highest BCUT2D eigenvalue weighted by molar-refractivity contribution is 9.11. The van der Waals surface area contributed by atoms with E-state index < -0.39 is 0 Å². The van der Waals surface area contributed by atoms with Crippen LogP contribution in [-0.2, 0) is 0 Å². The van der Waals surface area contributed by atoms with Gasteiger partial charge < -0.3 is 5.32 Å². The molecule has 0 aliphatic rings. The summed E-state index contributed by atoms with van der Waals surface area (Å²) in [5, 5.41) is 3.04. The van der Waals surface area contributed by atoms with Crippen LogP contribution in [0.15, 0.2) is 34.1 Å². The van der Waals surface area contributed by atoms with E-state index in [9.17, 15) is 4.79 Å². The van der Waals surface area contributed by atoms with Crippen molar-refractivity contribution >= 4 is 33.2 Å².